The van der Waals surface area contributed by atoms with Crippen LogP contribution in [-0.4, -0.2) is 17.9 Å². The van der Waals surface area contributed by atoms with Crippen molar-refractivity contribution in [2.45, 2.75) is 13.3 Å². The van der Waals surface area contributed by atoms with Crippen molar-refractivity contribution in [2.24, 2.45) is 0 Å². The Morgan fingerprint density at radius 1 is 1.82 bits per heavy atom. The smallest absolute Gasteiger partial charge is 0.227 e. The molecule has 0 aromatic carbocycles. The maximum Gasteiger partial charge on any atom is 0.227 e. The number of carbonyl (C=O) groups excluding carboxylic acids is 1. The molecule has 0 aliphatic carbocycles. The normalized spacial score (nSPS) is 9.64. The fraction of sp³-hybridized carbons (Fsp3) is 0.429. The molecular formula is C7H10N2OS. The first-order valence-electron chi connectivity index (χ1n) is 3.40. The quantitative estimate of drug-likeness (QED) is 0.674. The van der Waals surface area contributed by atoms with Crippen molar-refractivity contribution in [3.8, 4) is 0 Å². The van der Waals surface area contributed by atoms with Crippen molar-refractivity contribution < 1.29 is 4.79 Å². The molecule has 0 bridgehead atoms. The molecule has 0 saturated carbocycles. The van der Waals surface area contributed by atoms with Crippen LogP contribution in [0.2, 0.25) is 0 Å². The Kier molecular flexibility index (Phi) is 2.59. The molecule has 0 N–H and O–H groups in total. The monoisotopic (exact) mass is 170 g/mol. The maximum absolute atomic E-state index is 11.1. The summed E-state index contributed by atoms with van der Waals surface area (Å²) in [5, 5.41) is 1.85. The lowest BCUT2D eigenvalue weighted by atomic mass is 10.4. The molecule has 1 heterocycles. The first-order valence-corrected chi connectivity index (χ1v) is 4.34. The van der Waals surface area contributed by atoms with Crippen LogP contribution in [0.5, 0.6) is 0 Å². The number of amides is 1. The largest absolute Gasteiger partial charge is 0.299 e. The molecule has 1 rings (SSSR count). The molecule has 0 atom stereocenters. The van der Waals surface area contributed by atoms with Gasteiger partial charge in [0.05, 0.1) is 5.51 Å². The van der Waals surface area contributed by atoms with E-state index in [1.165, 1.54) is 11.3 Å². The fourth-order valence-corrected chi connectivity index (χ4v) is 1.31. The molecule has 0 unspecified atom stereocenters. The number of anilines is 1. The van der Waals surface area contributed by atoms with Crippen LogP contribution in [-0.2, 0) is 4.79 Å². The van der Waals surface area contributed by atoms with Gasteiger partial charge in [0, 0.05) is 18.8 Å². The van der Waals surface area contributed by atoms with Gasteiger partial charge in [-0.05, 0) is 0 Å². The van der Waals surface area contributed by atoms with Crippen LogP contribution >= 0.6 is 11.3 Å². The van der Waals surface area contributed by atoms with Gasteiger partial charge in [-0.25, -0.2) is 4.98 Å². The maximum atomic E-state index is 11.1. The molecule has 4 heteroatoms. The summed E-state index contributed by atoms with van der Waals surface area (Å²) in [7, 11) is 1.74. The second kappa shape index (κ2) is 3.48. The van der Waals surface area contributed by atoms with Gasteiger partial charge in [-0.3, -0.25) is 9.69 Å². The summed E-state index contributed by atoms with van der Waals surface area (Å²) in [6.07, 6.45) is 0.522. The van der Waals surface area contributed by atoms with Crippen LogP contribution in [0, 0.1) is 0 Å². The van der Waals surface area contributed by atoms with Crippen molar-refractivity contribution in [3.05, 3.63) is 10.9 Å². The SMILES string of the molecule is CCC(=O)N(C)c1cscn1. The van der Waals surface area contributed by atoms with Crippen LogP contribution in [0.4, 0.5) is 5.82 Å². The van der Waals surface area contributed by atoms with Gasteiger partial charge in [0.15, 0.2) is 0 Å². The van der Waals surface area contributed by atoms with E-state index in [1.807, 2.05) is 12.3 Å². The number of thiazole rings is 1. The molecule has 1 aromatic rings. The Labute approximate surface area is 69.7 Å². The van der Waals surface area contributed by atoms with Crippen LogP contribution in [0.3, 0.4) is 0 Å². The van der Waals surface area contributed by atoms with Crippen molar-refractivity contribution in [1.82, 2.24) is 4.98 Å². The summed E-state index contributed by atoms with van der Waals surface area (Å²) < 4.78 is 0. The molecule has 0 aliphatic rings. The summed E-state index contributed by atoms with van der Waals surface area (Å²) in [5.74, 6) is 0.831. The molecule has 0 spiro atoms. The van der Waals surface area contributed by atoms with Crippen molar-refractivity contribution in [3.63, 3.8) is 0 Å². The molecule has 11 heavy (non-hydrogen) atoms. The highest BCUT2D eigenvalue weighted by Crippen LogP contribution is 2.12. The fourth-order valence-electron chi connectivity index (χ4n) is 0.737. The first kappa shape index (κ1) is 8.20. The van der Waals surface area contributed by atoms with Gasteiger partial charge in [0.25, 0.3) is 0 Å². The van der Waals surface area contributed by atoms with Gasteiger partial charge < -0.3 is 0 Å². The van der Waals surface area contributed by atoms with Gasteiger partial charge in [-0.15, -0.1) is 11.3 Å². The highest BCUT2D eigenvalue weighted by molar-refractivity contribution is 7.07. The predicted molar refractivity (Wildman–Crippen MR) is 45.8 cm³/mol. The zero-order chi connectivity index (χ0) is 8.27. The minimum absolute atomic E-state index is 0.0934. The van der Waals surface area contributed by atoms with Crippen LogP contribution in [0.15, 0.2) is 10.9 Å². The van der Waals surface area contributed by atoms with E-state index in [4.69, 9.17) is 0 Å². The Bertz CT molecular complexity index is 233. The number of aromatic nitrogens is 1. The average molecular weight is 170 g/mol. The van der Waals surface area contributed by atoms with Crippen LogP contribution in [0.25, 0.3) is 0 Å². The highest BCUT2D eigenvalue weighted by Gasteiger charge is 2.08. The summed E-state index contributed by atoms with van der Waals surface area (Å²) in [6, 6.07) is 0. The number of hydrogen-bond acceptors (Lipinski definition) is 3. The Morgan fingerprint density at radius 3 is 3.00 bits per heavy atom. The van der Waals surface area contributed by atoms with E-state index in [9.17, 15) is 4.79 Å². The lowest BCUT2D eigenvalue weighted by molar-refractivity contribution is -0.118. The highest BCUT2D eigenvalue weighted by atomic mass is 32.1. The van der Waals surface area contributed by atoms with Crippen LogP contribution in [0.1, 0.15) is 13.3 Å². The second-order valence-corrected chi connectivity index (χ2v) is 2.87. The number of carbonyl (C=O) groups is 1. The molecule has 0 saturated heterocycles. The molecule has 3 nitrogen and oxygen atoms in total. The predicted octanol–water partition coefficient (Wildman–Crippen LogP) is 1.52. The van der Waals surface area contributed by atoms with E-state index < -0.39 is 0 Å². The van der Waals surface area contributed by atoms with Gasteiger partial charge >= 0.3 is 0 Å². The van der Waals surface area contributed by atoms with Crippen molar-refractivity contribution in [2.75, 3.05) is 11.9 Å². The molecule has 0 fully saturated rings. The minimum Gasteiger partial charge on any atom is -0.299 e. The zero-order valence-electron chi connectivity index (χ0n) is 6.57. The molecular weight excluding hydrogens is 160 g/mol. The lowest BCUT2D eigenvalue weighted by Crippen LogP contribution is -2.25. The summed E-state index contributed by atoms with van der Waals surface area (Å²) >= 11 is 1.49. The van der Waals surface area contributed by atoms with Crippen molar-refractivity contribution >= 4 is 23.1 Å². The number of nitrogens with zero attached hydrogens (tertiary/aromatic N) is 2. The van der Waals surface area contributed by atoms with Gasteiger partial charge in [0.2, 0.25) is 5.91 Å². The average Bonchev–Trinajstić information content (AvgIpc) is 2.53. The van der Waals surface area contributed by atoms with E-state index in [0.717, 1.165) is 5.82 Å². The number of rotatable bonds is 2. The Morgan fingerprint density at radius 2 is 2.55 bits per heavy atom. The molecule has 0 aliphatic heterocycles. The standard InChI is InChI=1S/C7H10N2OS/c1-3-7(10)9(2)6-4-11-5-8-6/h4-5H,3H2,1-2H3. The zero-order valence-corrected chi connectivity index (χ0v) is 7.39. The third-order valence-electron chi connectivity index (χ3n) is 1.44. The first-order chi connectivity index (χ1) is 5.25. The van der Waals surface area contributed by atoms with E-state index in [-0.39, 0.29) is 5.91 Å². The van der Waals surface area contributed by atoms with Gasteiger partial charge in [-0.1, -0.05) is 6.92 Å². The van der Waals surface area contributed by atoms with Crippen molar-refractivity contribution in [1.29, 1.82) is 0 Å². The molecule has 1 aromatic heterocycles. The number of hydrogen-bond donors (Lipinski definition) is 0. The Hall–Kier alpha value is -0.900. The minimum atomic E-state index is 0.0934. The summed E-state index contributed by atoms with van der Waals surface area (Å²) in [4.78, 5) is 16.7. The van der Waals surface area contributed by atoms with Gasteiger partial charge in [0.1, 0.15) is 5.82 Å². The molecule has 1 amide bonds. The lowest BCUT2D eigenvalue weighted by Gasteiger charge is -2.11. The second-order valence-electron chi connectivity index (χ2n) is 2.15. The van der Waals surface area contributed by atoms with Gasteiger partial charge in [-0.2, -0.15) is 0 Å². The Balaban J connectivity index is 2.70. The molecule has 60 valence electrons. The third kappa shape index (κ3) is 1.77. The summed E-state index contributed by atoms with van der Waals surface area (Å²) in [6.45, 7) is 1.84. The topological polar surface area (TPSA) is 33.2 Å². The molecule has 0 radical (unpaired) electrons. The van der Waals surface area contributed by atoms with E-state index in [0.29, 0.717) is 6.42 Å². The van der Waals surface area contributed by atoms with E-state index >= 15 is 0 Å². The summed E-state index contributed by atoms with van der Waals surface area (Å²) in [5.41, 5.74) is 1.72. The van der Waals surface area contributed by atoms with Crippen LogP contribution < -0.4 is 4.90 Å². The van der Waals surface area contributed by atoms with E-state index in [2.05, 4.69) is 4.98 Å². The third-order valence-corrected chi connectivity index (χ3v) is 2.01. The van der Waals surface area contributed by atoms with E-state index in [1.54, 1.807) is 17.5 Å².